The van der Waals surface area contributed by atoms with Crippen LogP contribution in [0.5, 0.6) is 0 Å². The van der Waals surface area contributed by atoms with Crippen LogP contribution in [0.3, 0.4) is 0 Å². The highest BCUT2D eigenvalue weighted by Crippen LogP contribution is 2.59. The molecule has 3 N–H and O–H groups in total. The number of carbonyl (C=O) groups excluding carboxylic acids is 4. The average molecular weight is 705 g/mol. The lowest BCUT2D eigenvalue weighted by molar-refractivity contribution is -0.152. The van der Waals surface area contributed by atoms with E-state index in [9.17, 15) is 32.5 Å². The van der Waals surface area contributed by atoms with Crippen LogP contribution in [0.15, 0.2) is 54.6 Å². The van der Waals surface area contributed by atoms with Gasteiger partial charge in [0.15, 0.2) is 0 Å². The SMILES string of the molecule is CC(=O)N1CC[C@H]2CC[C@@H](C(=O)N3CCO[C@H](c4ccccc4)C3)N2C(=O)[C@@H](NC(=O)c2cc3cc(C(F)(F)P(=O)(O)O)ccc3s2)C1. The highest BCUT2D eigenvalue weighted by molar-refractivity contribution is 7.52. The largest absolute Gasteiger partial charge is 0.399 e. The van der Waals surface area contributed by atoms with E-state index in [2.05, 4.69) is 5.32 Å². The quantitative estimate of drug-likeness (QED) is 0.330. The van der Waals surface area contributed by atoms with Gasteiger partial charge in [-0.3, -0.25) is 23.7 Å². The first-order valence-corrected chi connectivity index (χ1v) is 18.0. The summed E-state index contributed by atoms with van der Waals surface area (Å²) in [6.07, 6.45) is 1.16. The van der Waals surface area contributed by atoms with Crippen molar-refractivity contribution in [1.82, 2.24) is 20.0 Å². The zero-order valence-corrected chi connectivity index (χ0v) is 27.7. The molecule has 16 heteroatoms. The van der Waals surface area contributed by atoms with Gasteiger partial charge in [-0.05, 0) is 48.4 Å². The molecule has 0 spiro atoms. The lowest BCUT2D eigenvalue weighted by atomic mass is 10.1. The number of nitrogens with zero attached hydrogens (tertiary/aromatic N) is 3. The third-order valence-corrected chi connectivity index (χ3v) is 11.3. The fourth-order valence-electron chi connectivity index (χ4n) is 6.68. The molecule has 4 heterocycles. The number of ether oxygens (including phenoxy) is 1. The lowest BCUT2D eigenvalue weighted by Gasteiger charge is -2.40. The Labute approximate surface area is 278 Å². The molecule has 3 fully saturated rings. The van der Waals surface area contributed by atoms with Gasteiger partial charge in [-0.25, -0.2) is 0 Å². The van der Waals surface area contributed by atoms with E-state index in [-0.39, 0.29) is 40.8 Å². The molecule has 0 bridgehead atoms. The van der Waals surface area contributed by atoms with Crippen LogP contribution >= 0.6 is 18.9 Å². The molecule has 256 valence electrons. The van der Waals surface area contributed by atoms with Crippen LogP contribution in [0, 0.1) is 0 Å². The van der Waals surface area contributed by atoms with Crippen LogP contribution in [0.25, 0.3) is 10.1 Å². The minimum absolute atomic E-state index is 0.0664. The van der Waals surface area contributed by atoms with Crippen molar-refractivity contribution in [1.29, 1.82) is 0 Å². The molecule has 48 heavy (non-hydrogen) atoms. The summed E-state index contributed by atoms with van der Waals surface area (Å²) >= 11 is 0.951. The summed E-state index contributed by atoms with van der Waals surface area (Å²) in [6.45, 7) is 2.62. The van der Waals surface area contributed by atoms with Crippen molar-refractivity contribution in [2.24, 2.45) is 0 Å². The average Bonchev–Trinajstić information content (AvgIpc) is 3.68. The Morgan fingerprint density at radius 3 is 2.46 bits per heavy atom. The van der Waals surface area contributed by atoms with E-state index in [1.165, 1.54) is 24.0 Å². The maximum absolute atomic E-state index is 14.3. The maximum Gasteiger partial charge on any atom is 0.399 e. The molecule has 2 aromatic carbocycles. The second-order valence-electron chi connectivity index (χ2n) is 12.3. The fraction of sp³-hybridized carbons (Fsp3) is 0.438. The summed E-state index contributed by atoms with van der Waals surface area (Å²) in [7, 11) is -5.80. The standard InChI is InChI=1S/C32H35F2N4O8PS/c1-19(39)36-12-11-23-8-9-25(31(42)37-13-14-46-26(18-37)20-5-3-2-4-6-20)38(23)30(41)24(17-36)35-29(40)28-16-21-15-22(7-10-27(21)48-28)32(33,34)47(43,44)45/h2-7,10,15-16,23-26H,8-9,11-14,17-18H2,1H3,(H,35,40)(H2,43,44,45)/t23-,24+,25+,26+/m1/s1. The Hall–Kier alpha value is -3.75. The fourth-order valence-corrected chi connectivity index (χ4v) is 8.10. The van der Waals surface area contributed by atoms with Crippen LogP contribution in [0.4, 0.5) is 8.78 Å². The van der Waals surface area contributed by atoms with E-state index >= 15 is 0 Å². The van der Waals surface area contributed by atoms with Crippen molar-refractivity contribution in [3.8, 4) is 0 Å². The van der Waals surface area contributed by atoms with E-state index < -0.39 is 42.7 Å². The van der Waals surface area contributed by atoms with Gasteiger partial charge in [-0.2, -0.15) is 8.78 Å². The molecule has 4 amide bonds. The van der Waals surface area contributed by atoms with Crippen molar-refractivity contribution in [3.63, 3.8) is 0 Å². The molecule has 3 aliphatic heterocycles. The molecule has 3 aliphatic rings. The number of alkyl halides is 2. The molecule has 0 saturated carbocycles. The highest BCUT2D eigenvalue weighted by Gasteiger charge is 2.50. The van der Waals surface area contributed by atoms with Gasteiger partial charge in [0.1, 0.15) is 18.2 Å². The van der Waals surface area contributed by atoms with E-state index in [4.69, 9.17) is 14.5 Å². The number of morpholine rings is 1. The Kier molecular flexibility index (Phi) is 9.44. The molecule has 6 rings (SSSR count). The zero-order valence-electron chi connectivity index (χ0n) is 26.0. The van der Waals surface area contributed by atoms with Crippen LogP contribution in [0.2, 0.25) is 0 Å². The highest BCUT2D eigenvalue weighted by atomic mass is 32.1. The second kappa shape index (κ2) is 13.3. The van der Waals surface area contributed by atoms with Gasteiger partial charge in [-0.15, -0.1) is 11.3 Å². The second-order valence-corrected chi connectivity index (χ2v) is 15.0. The van der Waals surface area contributed by atoms with Gasteiger partial charge in [0.25, 0.3) is 5.91 Å². The van der Waals surface area contributed by atoms with E-state index in [1.54, 1.807) is 9.80 Å². The number of rotatable bonds is 6. The third kappa shape index (κ3) is 6.61. The molecule has 1 aromatic heterocycles. The maximum atomic E-state index is 14.3. The number of hydrogen-bond donors (Lipinski definition) is 3. The molecule has 0 radical (unpaired) electrons. The van der Waals surface area contributed by atoms with Crippen molar-refractivity contribution >= 4 is 52.6 Å². The minimum Gasteiger partial charge on any atom is -0.370 e. The number of halogens is 2. The lowest BCUT2D eigenvalue weighted by Crippen LogP contribution is -2.61. The van der Waals surface area contributed by atoms with E-state index in [0.717, 1.165) is 29.0 Å². The Balaban J connectivity index is 1.23. The molecule has 3 saturated heterocycles. The van der Waals surface area contributed by atoms with Crippen LogP contribution in [0.1, 0.15) is 53.1 Å². The molecular formula is C32H35F2N4O8PS. The predicted molar refractivity (Wildman–Crippen MR) is 171 cm³/mol. The molecule has 0 aliphatic carbocycles. The van der Waals surface area contributed by atoms with Crippen LogP contribution in [-0.2, 0) is 29.3 Å². The normalized spacial score (nSPS) is 23.9. The minimum atomic E-state index is -5.80. The zero-order chi connectivity index (χ0) is 34.4. The van der Waals surface area contributed by atoms with Gasteiger partial charge in [0, 0.05) is 42.9 Å². The molecule has 12 nitrogen and oxygen atoms in total. The summed E-state index contributed by atoms with van der Waals surface area (Å²) in [4.78, 5) is 77.4. The van der Waals surface area contributed by atoms with Crippen molar-refractivity contribution in [3.05, 3.63) is 70.6 Å². The molecular weight excluding hydrogens is 669 g/mol. The number of fused-ring (bicyclic) bond motifs is 2. The van der Waals surface area contributed by atoms with E-state index in [1.807, 2.05) is 30.3 Å². The third-order valence-electron chi connectivity index (χ3n) is 9.23. The summed E-state index contributed by atoms with van der Waals surface area (Å²) < 4.78 is 46.4. The van der Waals surface area contributed by atoms with Crippen molar-refractivity contribution in [2.75, 3.05) is 32.8 Å². The number of carbonyl (C=O) groups is 4. The molecule has 4 atom stereocenters. The number of thiophene rings is 1. The van der Waals surface area contributed by atoms with Gasteiger partial charge >= 0.3 is 13.3 Å². The number of nitrogens with one attached hydrogen (secondary N) is 1. The Morgan fingerprint density at radius 1 is 1.00 bits per heavy atom. The summed E-state index contributed by atoms with van der Waals surface area (Å²) in [6, 6.07) is 11.7. The van der Waals surface area contributed by atoms with Gasteiger partial charge in [0.2, 0.25) is 17.7 Å². The first-order valence-electron chi connectivity index (χ1n) is 15.6. The van der Waals surface area contributed by atoms with Gasteiger partial charge in [-0.1, -0.05) is 36.4 Å². The summed E-state index contributed by atoms with van der Waals surface area (Å²) in [5.41, 5.74) is -4.37. The molecule has 0 unspecified atom stereocenters. The first-order chi connectivity index (χ1) is 22.7. The number of hydrogen-bond acceptors (Lipinski definition) is 7. The number of benzene rings is 2. The molecule has 3 aromatic rings. The Bertz CT molecular complexity index is 1790. The monoisotopic (exact) mass is 704 g/mol. The van der Waals surface area contributed by atoms with Gasteiger partial charge < -0.3 is 34.5 Å². The van der Waals surface area contributed by atoms with Crippen molar-refractivity contribution in [2.45, 2.75) is 56.1 Å². The predicted octanol–water partition coefficient (Wildman–Crippen LogP) is 3.44. The van der Waals surface area contributed by atoms with E-state index in [0.29, 0.717) is 50.2 Å². The van der Waals surface area contributed by atoms with Crippen LogP contribution in [-0.4, -0.2) is 99.0 Å². The first kappa shape index (κ1) is 34.1. The smallest absolute Gasteiger partial charge is 0.370 e. The number of amides is 4. The Morgan fingerprint density at radius 2 is 1.75 bits per heavy atom. The summed E-state index contributed by atoms with van der Waals surface area (Å²) in [5, 5.41) is 2.88. The van der Waals surface area contributed by atoms with Crippen LogP contribution < -0.4 is 5.32 Å². The summed E-state index contributed by atoms with van der Waals surface area (Å²) in [5.74, 6) is -1.66. The topological polar surface area (TPSA) is 157 Å². The van der Waals surface area contributed by atoms with Gasteiger partial charge in [0.05, 0.1) is 18.0 Å². The van der Waals surface area contributed by atoms with Crippen molar-refractivity contribution < 1.29 is 47.0 Å².